The molecule has 0 saturated heterocycles. The van der Waals surface area contributed by atoms with Crippen molar-refractivity contribution in [3.05, 3.63) is 24.4 Å². The van der Waals surface area contributed by atoms with Crippen molar-refractivity contribution in [2.45, 2.75) is 13.5 Å². The molecule has 2 rings (SSSR count). The second-order valence-electron chi connectivity index (χ2n) is 2.98. The molecule has 1 aromatic carbocycles. The summed E-state index contributed by atoms with van der Waals surface area (Å²) in [7, 11) is 1.92. The molecule has 0 fully saturated rings. The molecule has 0 aliphatic heterocycles. The van der Waals surface area contributed by atoms with Crippen LogP contribution in [-0.2, 0) is 6.54 Å². The van der Waals surface area contributed by atoms with Gasteiger partial charge in [0.1, 0.15) is 0 Å². The van der Waals surface area contributed by atoms with Gasteiger partial charge in [-0.1, -0.05) is 0 Å². The molecule has 2 aromatic rings. The number of fused-ring (bicyclic) bond motifs is 1. The molecule has 0 amide bonds. The zero-order valence-electron chi connectivity index (χ0n) is 7.91. The number of aryl methyl sites for hydroxylation is 1. The zero-order chi connectivity index (χ0) is 9.26. The molecule has 0 bridgehead atoms. The monoisotopic (exact) mass is 175 g/mol. The van der Waals surface area contributed by atoms with E-state index in [-0.39, 0.29) is 0 Å². The van der Waals surface area contributed by atoms with Gasteiger partial charge in [-0.25, -0.2) is 0 Å². The molecule has 0 spiro atoms. The van der Waals surface area contributed by atoms with Crippen LogP contribution in [0.15, 0.2) is 24.4 Å². The third kappa shape index (κ3) is 1.26. The van der Waals surface area contributed by atoms with Crippen LogP contribution in [0.25, 0.3) is 10.9 Å². The molecule has 1 heterocycles. The average Bonchev–Trinajstić information content (AvgIpc) is 2.59. The molecule has 0 aliphatic rings. The normalized spacial score (nSPS) is 10.6. The smallest absolute Gasteiger partial charge is 0.0702 e. The van der Waals surface area contributed by atoms with Gasteiger partial charge in [0.05, 0.1) is 11.7 Å². The molecule has 3 nitrogen and oxygen atoms in total. The predicted molar refractivity (Wildman–Crippen MR) is 55.0 cm³/mol. The van der Waals surface area contributed by atoms with Crippen LogP contribution in [-0.4, -0.2) is 16.8 Å². The highest BCUT2D eigenvalue weighted by Crippen LogP contribution is 2.18. The highest BCUT2D eigenvalue weighted by Gasteiger charge is 2.00. The Hall–Kier alpha value is -1.51. The lowest BCUT2D eigenvalue weighted by molar-refractivity contribution is 0.684. The zero-order valence-corrected chi connectivity index (χ0v) is 7.91. The fraction of sp³-hybridized carbons (Fsp3) is 0.300. The van der Waals surface area contributed by atoms with E-state index >= 15 is 0 Å². The summed E-state index contributed by atoms with van der Waals surface area (Å²) in [5.41, 5.74) is 2.32. The molecule has 13 heavy (non-hydrogen) atoms. The summed E-state index contributed by atoms with van der Waals surface area (Å²) >= 11 is 0. The van der Waals surface area contributed by atoms with Crippen molar-refractivity contribution in [2.75, 3.05) is 12.4 Å². The van der Waals surface area contributed by atoms with E-state index in [4.69, 9.17) is 0 Å². The van der Waals surface area contributed by atoms with Crippen molar-refractivity contribution >= 4 is 16.6 Å². The quantitative estimate of drug-likeness (QED) is 0.757. The van der Waals surface area contributed by atoms with Crippen LogP contribution in [0, 0.1) is 0 Å². The first-order valence-electron chi connectivity index (χ1n) is 4.48. The van der Waals surface area contributed by atoms with Crippen LogP contribution in [0.5, 0.6) is 0 Å². The lowest BCUT2D eigenvalue weighted by Gasteiger charge is -2.01. The first-order valence-corrected chi connectivity index (χ1v) is 4.48. The molecule has 0 unspecified atom stereocenters. The lowest BCUT2D eigenvalue weighted by Crippen LogP contribution is -1.95. The van der Waals surface area contributed by atoms with E-state index in [1.165, 1.54) is 10.9 Å². The van der Waals surface area contributed by atoms with Crippen molar-refractivity contribution in [3.63, 3.8) is 0 Å². The molecular formula is C10H13N3. The molecule has 0 aliphatic carbocycles. The van der Waals surface area contributed by atoms with Crippen molar-refractivity contribution in [1.82, 2.24) is 9.78 Å². The highest BCUT2D eigenvalue weighted by atomic mass is 15.3. The summed E-state index contributed by atoms with van der Waals surface area (Å²) in [6.45, 7) is 3.01. The van der Waals surface area contributed by atoms with Crippen LogP contribution >= 0.6 is 0 Å². The fourth-order valence-electron chi connectivity index (χ4n) is 1.48. The third-order valence-electron chi connectivity index (χ3n) is 2.23. The van der Waals surface area contributed by atoms with Crippen LogP contribution in [0.1, 0.15) is 6.92 Å². The van der Waals surface area contributed by atoms with E-state index < -0.39 is 0 Å². The molecule has 1 aromatic heterocycles. The lowest BCUT2D eigenvalue weighted by atomic mass is 10.2. The van der Waals surface area contributed by atoms with Gasteiger partial charge in [-0.15, -0.1) is 0 Å². The van der Waals surface area contributed by atoms with E-state index in [9.17, 15) is 0 Å². The summed E-state index contributed by atoms with van der Waals surface area (Å²) in [6, 6.07) is 6.26. The van der Waals surface area contributed by atoms with Gasteiger partial charge in [0.25, 0.3) is 0 Å². The van der Waals surface area contributed by atoms with Crippen LogP contribution in [0.2, 0.25) is 0 Å². The van der Waals surface area contributed by atoms with Gasteiger partial charge >= 0.3 is 0 Å². The van der Waals surface area contributed by atoms with Gasteiger partial charge in [0.2, 0.25) is 0 Å². The molecule has 0 atom stereocenters. The number of hydrogen-bond acceptors (Lipinski definition) is 2. The minimum Gasteiger partial charge on any atom is -0.388 e. The Morgan fingerprint density at radius 2 is 2.31 bits per heavy atom. The minimum atomic E-state index is 0.913. The summed E-state index contributed by atoms with van der Waals surface area (Å²) in [6.07, 6.45) is 1.90. The minimum absolute atomic E-state index is 0.913. The molecule has 0 radical (unpaired) electrons. The maximum absolute atomic E-state index is 4.28. The standard InChI is InChI=1S/C10H13N3/c1-3-13-10-6-9(11-2)5-4-8(10)7-12-13/h4-7,11H,3H2,1-2H3. The van der Waals surface area contributed by atoms with Gasteiger partial charge < -0.3 is 5.32 Å². The molecular weight excluding hydrogens is 162 g/mol. The summed E-state index contributed by atoms with van der Waals surface area (Å²) < 4.78 is 2.00. The number of benzene rings is 1. The molecule has 3 heteroatoms. The number of aromatic nitrogens is 2. The van der Waals surface area contributed by atoms with Gasteiger partial charge in [0.15, 0.2) is 0 Å². The number of nitrogens with zero attached hydrogens (tertiary/aromatic N) is 2. The van der Waals surface area contributed by atoms with E-state index in [1.54, 1.807) is 0 Å². The second-order valence-corrected chi connectivity index (χ2v) is 2.98. The number of hydrogen-bond donors (Lipinski definition) is 1. The largest absolute Gasteiger partial charge is 0.388 e. The van der Waals surface area contributed by atoms with Crippen LogP contribution in [0.3, 0.4) is 0 Å². The van der Waals surface area contributed by atoms with Gasteiger partial charge in [-0.3, -0.25) is 4.68 Å². The molecule has 68 valence electrons. The maximum atomic E-state index is 4.28. The summed E-state index contributed by atoms with van der Waals surface area (Å²) in [4.78, 5) is 0. The Morgan fingerprint density at radius 1 is 1.46 bits per heavy atom. The number of nitrogens with one attached hydrogen (secondary N) is 1. The van der Waals surface area contributed by atoms with Crippen molar-refractivity contribution < 1.29 is 0 Å². The number of rotatable bonds is 2. The Morgan fingerprint density at radius 3 is 3.00 bits per heavy atom. The third-order valence-corrected chi connectivity index (χ3v) is 2.23. The van der Waals surface area contributed by atoms with Crippen molar-refractivity contribution in [2.24, 2.45) is 0 Å². The van der Waals surface area contributed by atoms with Gasteiger partial charge in [-0.2, -0.15) is 5.10 Å². The Balaban J connectivity index is 2.64. The predicted octanol–water partition coefficient (Wildman–Crippen LogP) is 2.10. The Bertz CT molecular complexity index is 417. The van der Waals surface area contributed by atoms with E-state index in [1.807, 2.05) is 17.9 Å². The number of anilines is 1. The topological polar surface area (TPSA) is 29.9 Å². The van der Waals surface area contributed by atoms with E-state index in [2.05, 4.69) is 35.5 Å². The first kappa shape index (κ1) is 8.10. The maximum Gasteiger partial charge on any atom is 0.0702 e. The average molecular weight is 175 g/mol. The van der Waals surface area contributed by atoms with E-state index in [0.717, 1.165) is 12.2 Å². The fourth-order valence-corrected chi connectivity index (χ4v) is 1.48. The van der Waals surface area contributed by atoms with Crippen molar-refractivity contribution in [3.8, 4) is 0 Å². The SMILES string of the molecule is CCn1ncc2ccc(NC)cc21. The van der Waals surface area contributed by atoms with Crippen LogP contribution < -0.4 is 5.32 Å². The second kappa shape index (κ2) is 3.09. The first-order chi connectivity index (χ1) is 6.35. The van der Waals surface area contributed by atoms with Crippen molar-refractivity contribution in [1.29, 1.82) is 0 Å². The molecule has 1 N–H and O–H groups in total. The van der Waals surface area contributed by atoms with Gasteiger partial charge in [0, 0.05) is 24.7 Å². The summed E-state index contributed by atoms with van der Waals surface area (Å²) in [5.74, 6) is 0. The van der Waals surface area contributed by atoms with Gasteiger partial charge in [-0.05, 0) is 25.1 Å². The Labute approximate surface area is 77.4 Å². The summed E-state index contributed by atoms with van der Waals surface area (Å²) in [5, 5.41) is 8.59. The highest BCUT2D eigenvalue weighted by molar-refractivity contribution is 5.82. The van der Waals surface area contributed by atoms with E-state index in [0.29, 0.717) is 0 Å². The van der Waals surface area contributed by atoms with Crippen LogP contribution in [0.4, 0.5) is 5.69 Å². The Kier molecular flexibility index (Phi) is 1.93. The molecule has 0 saturated carbocycles.